The van der Waals surface area contributed by atoms with Crippen LogP contribution >= 0.6 is 23.2 Å². The highest BCUT2D eigenvalue weighted by Crippen LogP contribution is 2.50. The van der Waals surface area contributed by atoms with E-state index >= 15 is 0 Å². The van der Waals surface area contributed by atoms with Crippen molar-refractivity contribution in [3.05, 3.63) is 58.4 Å². The number of fused-ring (bicyclic) bond motifs is 1. The molecule has 0 spiro atoms. The van der Waals surface area contributed by atoms with Crippen molar-refractivity contribution in [3.63, 3.8) is 0 Å². The van der Waals surface area contributed by atoms with Gasteiger partial charge in [-0.2, -0.15) is 4.68 Å². The summed E-state index contributed by atoms with van der Waals surface area (Å²) in [4.78, 5) is 38.1. The number of hydrogen-bond donors (Lipinski definition) is 3. The third-order valence-electron chi connectivity index (χ3n) is 5.83. The molecule has 162 valence electrons. The van der Waals surface area contributed by atoms with Crippen molar-refractivity contribution in [1.29, 1.82) is 0 Å². The lowest BCUT2D eigenvalue weighted by Crippen LogP contribution is -2.35. The van der Waals surface area contributed by atoms with Crippen LogP contribution in [0.25, 0.3) is 5.69 Å². The van der Waals surface area contributed by atoms with E-state index in [1.165, 1.54) is 6.07 Å². The maximum Gasteiger partial charge on any atom is 0.349 e. The van der Waals surface area contributed by atoms with Gasteiger partial charge >= 0.3 is 5.69 Å². The van der Waals surface area contributed by atoms with Crippen molar-refractivity contribution >= 4 is 42.3 Å². The number of nitrogens with two attached hydrogens (primary N) is 1. The zero-order valence-electron chi connectivity index (χ0n) is 16.4. The van der Waals surface area contributed by atoms with E-state index in [9.17, 15) is 14.4 Å². The second kappa shape index (κ2) is 7.52. The molecule has 1 fully saturated rings. The molecular weight excluding hydrogens is 458 g/mol. The van der Waals surface area contributed by atoms with Crippen LogP contribution in [0.15, 0.2) is 20.4 Å². The van der Waals surface area contributed by atoms with Crippen LogP contribution < -0.4 is 32.7 Å². The van der Waals surface area contributed by atoms with Crippen molar-refractivity contribution < 1.29 is 4.74 Å². The van der Waals surface area contributed by atoms with Gasteiger partial charge in [0.25, 0.3) is 11.1 Å². The van der Waals surface area contributed by atoms with E-state index < -0.39 is 17.1 Å². The molecule has 0 amide bonds. The predicted octanol–water partition coefficient (Wildman–Crippen LogP) is 0.919. The molecule has 2 heterocycles. The molecule has 10 nitrogen and oxygen atoms in total. The van der Waals surface area contributed by atoms with Gasteiger partial charge in [0.1, 0.15) is 7.85 Å². The number of aromatic amines is 2. The molecule has 2 aromatic heterocycles. The smallest absolute Gasteiger partial charge is 0.349 e. The summed E-state index contributed by atoms with van der Waals surface area (Å²) in [5.74, 6) is 0.486. The maximum atomic E-state index is 12.4. The minimum atomic E-state index is -0.872. The molecule has 2 aliphatic carbocycles. The van der Waals surface area contributed by atoms with Gasteiger partial charge in [-0.15, -0.1) is 10.2 Å². The molecule has 32 heavy (non-hydrogen) atoms. The summed E-state index contributed by atoms with van der Waals surface area (Å²) in [5.41, 5.74) is 4.95. The normalized spacial score (nSPS) is 17.4. The standard InChI is InChI=1S/C19H15BCl2N6O4/c20-12-10(28-19(31)24-17(30)15(23)27-28)5-9(21)14(13(12)22)32-18-8-4-3-7(6-1-2-6)11(8)16(29)25-26-18/h5-7H,1-4H2,(H2,23,27)(H,25,29)(H,24,30,31). The van der Waals surface area contributed by atoms with Crippen LogP contribution in [-0.2, 0) is 6.42 Å². The van der Waals surface area contributed by atoms with E-state index in [0.717, 1.165) is 29.5 Å². The number of nitrogens with zero attached hydrogens (tertiary/aromatic N) is 3. The summed E-state index contributed by atoms with van der Waals surface area (Å²) in [6.07, 6.45) is 3.73. The fourth-order valence-corrected chi connectivity index (χ4v) is 4.68. The summed E-state index contributed by atoms with van der Waals surface area (Å²) >= 11 is 12.8. The number of H-pyrrole nitrogens is 2. The van der Waals surface area contributed by atoms with Gasteiger partial charge in [0.2, 0.25) is 11.7 Å². The molecule has 5 rings (SSSR count). The third kappa shape index (κ3) is 3.32. The highest BCUT2D eigenvalue weighted by Gasteiger charge is 2.40. The molecule has 13 heteroatoms. The molecule has 1 saturated carbocycles. The number of benzene rings is 1. The second-order valence-corrected chi connectivity index (χ2v) is 8.61. The number of nitrogen functional groups attached to an aromatic ring is 1. The Morgan fingerprint density at radius 3 is 2.66 bits per heavy atom. The van der Waals surface area contributed by atoms with E-state index in [1.54, 1.807) is 0 Å². The zero-order chi connectivity index (χ0) is 22.7. The Hall–Kier alpha value is -3.05. The summed E-state index contributed by atoms with van der Waals surface area (Å²) in [7, 11) is 6.12. The number of hydrogen-bond acceptors (Lipinski definition) is 7. The van der Waals surface area contributed by atoms with Gasteiger partial charge in [0.05, 0.1) is 15.7 Å². The fourth-order valence-electron chi connectivity index (χ4n) is 4.16. The van der Waals surface area contributed by atoms with Crippen LogP contribution in [0.4, 0.5) is 5.82 Å². The van der Waals surface area contributed by atoms with E-state index in [0.29, 0.717) is 17.9 Å². The summed E-state index contributed by atoms with van der Waals surface area (Å²) in [5, 5.41) is 10.2. The second-order valence-electron chi connectivity index (χ2n) is 7.83. The van der Waals surface area contributed by atoms with Crippen molar-refractivity contribution in [2.75, 3.05) is 5.73 Å². The van der Waals surface area contributed by atoms with Crippen LogP contribution in [0.2, 0.25) is 10.0 Å². The monoisotopic (exact) mass is 472 g/mol. The zero-order valence-corrected chi connectivity index (χ0v) is 18.0. The first-order chi connectivity index (χ1) is 15.3. The average molecular weight is 473 g/mol. The Kier molecular flexibility index (Phi) is 4.90. The van der Waals surface area contributed by atoms with Crippen LogP contribution in [0.3, 0.4) is 0 Å². The van der Waals surface area contributed by atoms with Crippen LogP contribution in [0.1, 0.15) is 36.3 Å². The summed E-state index contributed by atoms with van der Waals surface area (Å²) in [6, 6.07) is 1.31. The number of nitrogens with one attached hydrogen (secondary N) is 2. The lowest BCUT2D eigenvalue weighted by molar-refractivity contribution is 0.448. The number of aromatic nitrogens is 5. The lowest BCUT2D eigenvalue weighted by Gasteiger charge is -2.16. The predicted molar refractivity (Wildman–Crippen MR) is 119 cm³/mol. The van der Waals surface area contributed by atoms with Gasteiger partial charge in [-0.05, 0) is 49.0 Å². The molecular formula is C19H15BCl2N6O4. The van der Waals surface area contributed by atoms with Gasteiger partial charge < -0.3 is 10.5 Å². The van der Waals surface area contributed by atoms with Gasteiger partial charge in [-0.3, -0.25) is 14.6 Å². The number of anilines is 1. The Morgan fingerprint density at radius 1 is 1.19 bits per heavy atom. The Labute approximate surface area is 191 Å². The molecule has 3 aromatic rings. The maximum absolute atomic E-state index is 12.4. The minimum absolute atomic E-state index is 0.00811. The van der Waals surface area contributed by atoms with Gasteiger partial charge in [-0.25, -0.2) is 9.89 Å². The highest BCUT2D eigenvalue weighted by atomic mass is 35.5. The average Bonchev–Trinajstić information content (AvgIpc) is 3.50. The SMILES string of the molecule is [B]c1c(-n2nc(N)c(=O)[nH]c2=O)cc(Cl)c(Oc2n[nH]c(=O)c3c2CCC3C2CC2)c1Cl. The van der Waals surface area contributed by atoms with E-state index in [2.05, 4.69) is 15.3 Å². The third-order valence-corrected chi connectivity index (χ3v) is 6.48. The topological polar surface area (TPSA) is 149 Å². The van der Waals surface area contributed by atoms with Crippen molar-refractivity contribution in [1.82, 2.24) is 25.0 Å². The van der Waals surface area contributed by atoms with Crippen molar-refractivity contribution in [2.45, 2.75) is 31.6 Å². The fraction of sp³-hybridized carbons (Fsp3) is 0.316. The first kappa shape index (κ1) is 20.8. The van der Waals surface area contributed by atoms with Gasteiger partial charge in [0, 0.05) is 11.1 Å². The largest absolute Gasteiger partial charge is 0.434 e. The molecule has 1 aromatic carbocycles. The van der Waals surface area contributed by atoms with Crippen molar-refractivity contribution in [3.8, 4) is 17.3 Å². The van der Waals surface area contributed by atoms with E-state index in [4.69, 9.17) is 41.5 Å². The molecule has 2 radical (unpaired) electrons. The minimum Gasteiger partial charge on any atom is -0.434 e. The molecule has 1 unspecified atom stereocenters. The Morgan fingerprint density at radius 2 is 1.94 bits per heavy atom. The van der Waals surface area contributed by atoms with Gasteiger partial charge in [-0.1, -0.05) is 23.2 Å². The Bertz CT molecular complexity index is 1450. The Balaban J connectivity index is 1.58. The first-order valence-corrected chi connectivity index (χ1v) is 10.6. The molecule has 4 N–H and O–H groups in total. The van der Waals surface area contributed by atoms with Gasteiger partial charge in [0.15, 0.2) is 5.75 Å². The number of rotatable bonds is 4. The van der Waals surface area contributed by atoms with Crippen LogP contribution in [0.5, 0.6) is 11.6 Å². The molecule has 1 atom stereocenters. The lowest BCUT2D eigenvalue weighted by atomic mass is 9.93. The molecule has 0 saturated heterocycles. The molecule has 0 aliphatic heterocycles. The number of ether oxygens (including phenoxy) is 1. The quantitative estimate of drug-likeness (QED) is 0.478. The van der Waals surface area contributed by atoms with Crippen molar-refractivity contribution in [2.24, 2.45) is 5.92 Å². The molecule has 0 bridgehead atoms. The highest BCUT2D eigenvalue weighted by molar-refractivity contribution is 6.49. The van der Waals surface area contributed by atoms with Crippen LogP contribution in [0, 0.1) is 5.92 Å². The first-order valence-electron chi connectivity index (χ1n) is 9.82. The van der Waals surface area contributed by atoms with E-state index in [-0.39, 0.29) is 44.3 Å². The number of halogens is 2. The summed E-state index contributed by atoms with van der Waals surface area (Å²) < 4.78 is 6.70. The molecule has 2 aliphatic rings. The van der Waals surface area contributed by atoms with E-state index in [1.807, 2.05) is 4.98 Å². The summed E-state index contributed by atoms with van der Waals surface area (Å²) in [6.45, 7) is 0. The van der Waals surface area contributed by atoms with Crippen LogP contribution in [-0.4, -0.2) is 32.8 Å².